The third kappa shape index (κ3) is 3.03. The van der Waals surface area contributed by atoms with Gasteiger partial charge in [0.15, 0.2) is 0 Å². The van der Waals surface area contributed by atoms with Crippen LogP contribution in [-0.4, -0.2) is 22.7 Å². The van der Waals surface area contributed by atoms with Gasteiger partial charge in [-0.3, -0.25) is 9.79 Å². The second kappa shape index (κ2) is 4.94. The molecule has 2 nitrogen and oxygen atoms in total. The van der Waals surface area contributed by atoms with Gasteiger partial charge in [-0.1, -0.05) is 12.1 Å². The Morgan fingerprint density at radius 3 is 1.94 bits per heavy atom. The number of benzene rings is 1. The van der Waals surface area contributed by atoms with Gasteiger partial charge in [0.05, 0.1) is 0 Å². The van der Waals surface area contributed by atoms with Gasteiger partial charge >= 0.3 is 6.18 Å². The molecule has 0 bridgehead atoms. The summed E-state index contributed by atoms with van der Waals surface area (Å²) in [6.07, 6.45) is -4.48. The summed E-state index contributed by atoms with van der Waals surface area (Å²) < 4.78 is 37.2. The first-order valence-electron chi connectivity index (χ1n) is 4.20. The molecule has 1 aromatic carbocycles. The Hall–Kier alpha value is -0.920. The molecule has 0 aliphatic rings. The van der Waals surface area contributed by atoms with E-state index in [4.69, 9.17) is 0 Å². The first-order chi connectivity index (χ1) is 7.36. The van der Waals surface area contributed by atoms with Crippen LogP contribution in [0.5, 0.6) is 0 Å². The number of nitrogens with zero attached hydrogens (tertiary/aromatic N) is 1. The number of aliphatic imine (C=N–C) groups is 1. The van der Waals surface area contributed by atoms with E-state index < -0.39 is 11.9 Å². The molecular weight excluding hydrogens is 334 g/mol. The van der Waals surface area contributed by atoms with E-state index in [1.54, 1.807) is 22.6 Å². The summed E-state index contributed by atoms with van der Waals surface area (Å²) in [6.45, 7) is 0. The molecule has 0 unspecified atom stereocenters. The summed E-state index contributed by atoms with van der Waals surface area (Å²) >= 11 is 1.57. The summed E-state index contributed by atoms with van der Waals surface area (Å²) in [4.78, 5) is 14.1. The maximum atomic E-state index is 12.5. The minimum atomic E-state index is -4.48. The van der Waals surface area contributed by atoms with Gasteiger partial charge in [0, 0.05) is 40.8 Å². The number of carbonyl (C=O) groups is 1. The van der Waals surface area contributed by atoms with Crippen molar-refractivity contribution in [1.82, 2.24) is 0 Å². The van der Waals surface area contributed by atoms with Crippen LogP contribution in [0.3, 0.4) is 0 Å². The molecule has 0 amide bonds. The topological polar surface area (TPSA) is 29.4 Å². The van der Waals surface area contributed by atoms with Crippen LogP contribution in [0.2, 0.25) is 0 Å². The van der Waals surface area contributed by atoms with Crippen LogP contribution in [0, 0.1) is 0 Å². The standard InChI is InChI=1S/C10H7F3INO/c1-15-8(10(11,12)13)6-2-4-7(5-3-6)9(14)16/h2-5H,1H3. The fourth-order valence-corrected chi connectivity index (χ4v) is 1.54. The Kier molecular flexibility index (Phi) is 4.06. The van der Waals surface area contributed by atoms with Gasteiger partial charge in [0.2, 0.25) is 3.79 Å². The van der Waals surface area contributed by atoms with Crippen LogP contribution in [0.1, 0.15) is 15.9 Å². The largest absolute Gasteiger partial charge is 0.433 e. The van der Waals surface area contributed by atoms with Gasteiger partial charge < -0.3 is 0 Å². The minimum absolute atomic E-state index is 0.0450. The monoisotopic (exact) mass is 341 g/mol. The Morgan fingerprint density at radius 2 is 1.62 bits per heavy atom. The lowest BCUT2D eigenvalue weighted by Gasteiger charge is -2.09. The quantitative estimate of drug-likeness (QED) is 0.461. The molecule has 1 aromatic rings. The maximum Gasteiger partial charge on any atom is 0.433 e. The van der Waals surface area contributed by atoms with Crippen molar-refractivity contribution < 1.29 is 18.0 Å². The molecule has 6 heteroatoms. The lowest BCUT2D eigenvalue weighted by Crippen LogP contribution is -2.23. The zero-order valence-corrected chi connectivity index (χ0v) is 10.3. The molecule has 86 valence electrons. The molecule has 0 saturated carbocycles. The van der Waals surface area contributed by atoms with Gasteiger partial charge in [-0.2, -0.15) is 13.2 Å². The van der Waals surface area contributed by atoms with Crippen molar-refractivity contribution in [1.29, 1.82) is 0 Å². The molecular formula is C10H7F3INO. The fraction of sp³-hybridized carbons (Fsp3) is 0.200. The Bertz CT molecular complexity index is 423. The molecule has 16 heavy (non-hydrogen) atoms. The van der Waals surface area contributed by atoms with E-state index in [2.05, 4.69) is 4.99 Å². The Balaban J connectivity index is 3.11. The molecule has 0 radical (unpaired) electrons. The second-order valence-electron chi connectivity index (χ2n) is 2.92. The van der Waals surface area contributed by atoms with E-state index in [0.717, 1.165) is 7.05 Å². The van der Waals surface area contributed by atoms with Crippen molar-refractivity contribution in [3.8, 4) is 0 Å². The average Bonchev–Trinajstić information content (AvgIpc) is 2.17. The Labute approximate surface area is 104 Å². The maximum absolute atomic E-state index is 12.5. The lowest BCUT2D eigenvalue weighted by molar-refractivity contribution is -0.0581. The number of halogens is 4. The van der Waals surface area contributed by atoms with Gasteiger partial charge in [-0.05, 0) is 12.1 Å². The summed E-state index contributed by atoms with van der Waals surface area (Å²) in [5.41, 5.74) is -0.627. The molecule has 0 aromatic heterocycles. The predicted molar refractivity (Wildman–Crippen MR) is 63.3 cm³/mol. The van der Waals surface area contributed by atoms with E-state index in [1.807, 2.05) is 0 Å². The highest BCUT2D eigenvalue weighted by molar-refractivity contribution is 14.1. The van der Waals surface area contributed by atoms with Crippen LogP contribution in [0.15, 0.2) is 29.3 Å². The molecule has 0 spiro atoms. The van der Waals surface area contributed by atoms with E-state index in [9.17, 15) is 18.0 Å². The van der Waals surface area contributed by atoms with Crippen molar-refractivity contribution in [2.75, 3.05) is 7.05 Å². The summed E-state index contributed by atoms with van der Waals surface area (Å²) in [5, 5.41) is 0. The molecule has 0 fully saturated rings. The molecule has 0 atom stereocenters. The van der Waals surface area contributed by atoms with Crippen molar-refractivity contribution in [2.45, 2.75) is 6.18 Å². The molecule has 0 saturated heterocycles. The number of rotatable bonds is 2. The van der Waals surface area contributed by atoms with Crippen LogP contribution < -0.4 is 0 Å². The number of hydrogen-bond acceptors (Lipinski definition) is 2. The van der Waals surface area contributed by atoms with E-state index in [-0.39, 0.29) is 9.35 Å². The highest BCUT2D eigenvalue weighted by Crippen LogP contribution is 2.23. The average molecular weight is 341 g/mol. The van der Waals surface area contributed by atoms with Crippen LogP contribution in [0.25, 0.3) is 0 Å². The third-order valence-electron chi connectivity index (χ3n) is 1.88. The van der Waals surface area contributed by atoms with Gasteiger partial charge in [0.25, 0.3) is 0 Å². The minimum Gasteiger partial charge on any atom is -0.283 e. The zero-order valence-electron chi connectivity index (χ0n) is 8.18. The fourth-order valence-electron chi connectivity index (χ4n) is 1.18. The summed E-state index contributed by atoms with van der Waals surface area (Å²) in [7, 11) is 1.08. The SMILES string of the molecule is CN=C(c1ccc(C(=O)I)cc1)C(F)(F)F. The lowest BCUT2D eigenvalue weighted by atomic mass is 10.1. The Morgan fingerprint density at radius 1 is 1.19 bits per heavy atom. The summed E-state index contributed by atoms with van der Waals surface area (Å²) in [5.74, 6) is 0. The predicted octanol–water partition coefficient (Wildman–Crippen LogP) is 3.24. The van der Waals surface area contributed by atoms with Crippen LogP contribution in [-0.2, 0) is 0 Å². The van der Waals surface area contributed by atoms with Crippen molar-refractivity contribution in [3.05, 3.63) is 35.4 Å². The van der Waals surface area contributed by atoms with Crippen molar-refractivity contribution in [2.24, 2.45) is 4.99 Å². The van der Waals surface area contributed by atoms with Gasteiger partial charge in [-0.15, -0.1) is 0 Å². The number of carbonyl (C=O) groups excluding carboxylic acids is 1. The summed E-state index contributed by atoms with van der Waals surface area (Å²) in [6, 6.07) is 5.17. The van der Waals surface area contributed by atoms with Crippen molar-refractivity contribution in [3.63, 3.8) is 0 Å². The molecule has 0 N–H and O–H groups in total. The molecule has 1 rings (SSSR count). The van der Waals surface area contributed by atoms with Crippen molar-refractivity contribution >= 4 is 32.1 Å². The van der Waals surface area contributed by atoms with Gasteiger partial charge in [0.1, 0.15) is 5.71 Å². The first-order valence-corrected chi connectivity index (χ1v) is 5.28. The zero-order chi connectivity index (χ0) is 12.3. The highest BCUT2D eigenvalue weighted by Gasteiger charge is 2.36. The molecule has 0 aliphatic heterocycles. The van der Waals surface area contributed by atoms with Crippen LogP contribution in [0.4, 0.5) is 13.2 Å². The second-order valence-corrected chi connectivity index (χ2v) is 3.90. The van der Waals surface area contributed by atoms with E-state index in [0.29, 0.717) is 5.56 Å². The number of alkyl halides is 3. The molecule has 0 heterocycles. The third-order valence-corrected chi connectivity index (χ3v) is 2.50. The van der Waals surface area contributed by atoms with Gasteiger partial charge in [-0.25, -0.2) is 0 Å². The normalized spacial score (nSPS) is 12.7. The molecule has 0 aliphatic carbocycles. The number of hydrogen-bond donors (Lipinski definition) is 0. The first kappa shape index (κ1) is 13.1. The highest BCUT2D eigenvalue weighted by atomic mass is 127. The smallest absolute Gasteiger partial charge is 0.283 e. The van der Waals surface area contributed by atoms with Crippen LogP contribution >= 0.6 is 22.6 Å². The van der Waals surface area contributed by atoms with E-state index >= 15 is 0 Å². The van der Waals surface area contributed by atoms with E-state index in [1.165, 1.54) is 24.3 Å².